The van der Waals surface area contributed by atoms with Crippen molar-refractivity contribution in [2.75, 3.05) is 26.0 Å². The van der Waals surface area contributed by atoms with Crippen molar-refractivity contribution in [1.82, 2.24) is 4.90 Å². The second kappa shape index (κ2) is 8.35. The Balaban J connectivity index is 1.70. The zero-order valence-corrected chi connectivity index (χ0v) is 15.6. The molecule has 0 bridgehead atoms. The van der Waals surface area contributed by atoms with E-state index in [4.69, 9.17) is 0 Å². The summed E-state index contributed by atoms with van der Waals surface area (Å²) in [5.74, 6) is -0.208. The van der Waals surface area contributed by atoms with Gasteiger partial charge in [0.1, 0.15) is 5.82 Å². The molecule has 0 radical (unpaired) electrons. The Hall–Kier alpha value is -1.36. The van der Waals surface area contributed by atoms with Crippen LogP contribution in [0.15, 0.2) is 53.4 Å². The van der Waals surface area contributed by atoms with E-state index in [1.807, 2.05) is 12.1 Å². The normalized spacial score (nSPS) is 21.4. The number of likely N-dealkylation sites (tertiary alicyclic amines) is 1. The number of nitrogens with zero attached hydrogens (tertiary/aromatic N) is 1. The summed E-state index contributed by atoms with van der Waals surface area (Å²) in [6.45, 7) is 3.03. The molecular formula is C21H26FNOS. The van der Waals surface area contributed by atoms with Crippen molar-refractivity contribution in [2.45, 2.75) is 30.7 Å². The van der Waals surface area contributed by atoms with E-state index < -0.39 is 0 Å². The standard InChI is InChI=1S/C21H26FNOS/c1-25-20-5-2-4-18(12-20)14-23-11-3-10-21(15-23,16-24)13-17-6-8-19(22)9-7-17/h2,4-9,12,24H,3,10-11,13-16H2,1H3/t21-/m1/s1. The summed E-state index contributed by atoms with van der Waals surface area (Å²) in [6.07, 6.45) is 5.00. The van der Waals surface area contributed by atoms with Crippen LogP contribution >= 0.6 is 11.8 Å². The smallest absolute Gasteiger partial charge is 0.123 e. The van der Waals surface area contributed by atoms with Gasteiger partial charge in [0.05, 0.1) is 6.61 Å². The summed E-state index contributed by atoms with van der Waals surface area (Å²) in [7, 11) is 0. The van der Waals surface area contributed by atoms with Gasteiger partial charge in [-0.3, -0.25) is 4.90 Å². The van der Waals surface area contributed by atoms with Crippen LogP contribution in [0, 0.1) is 11.2 Å². The predicted molar refractivity (Wildman–Crippen MR) is 102 cm³/mol. The van der Waals surface area contributed by atoms with Gasteiger partial charge in [-0.2, -0.15) is 0 Å². The minimum atomic E-state index is -0.208. The Bertz CT molecular complexity index is 691. The molecule has 2 nitrogen and oxygen atoms in total. The molecule has 0 aromatic heterocycles. The largest absolute Gasteiger partial charge is 0.396 e. The monoisotopic (exact) mass is 359 g/mol. The van der Waals surface area contributed by atoms with E-state index in [2.05, 4.69) is 35.4 Å². The lowest BCUT2D eigenvalue weighted by Crippen LogP contribution is -2.46. The lowest BCUT2D eigenvalue weighted by atomic mass is 9.75. The second-order valence-corrected chi connectivity index (χ2v) is 8.01. The average molecular weight is 360 g/mol. The summed E-state index contributed by atoms with van der Waals surface area (Å²) in [6, 6.07) is 15.4. The molecule has 0 unspecified atom stereocenters. The molecule has 1 fully saturated rings. The van der Waals surface area contributed by atoms with Gasteiger partial charge in [-0.05, 0) is 67.5 Å². The Labute approximate surface area is 154 Å². The minimum Gasteiger partial charge on any atom is -0.396 e. The molecule has 1 N–H and O–H groups in total. The molecule has 1 atom stereocenters. The third kappa shape index (κ3) is 4.84. The van der Waals surface area contributed by atoms with Gasteiger partial charge in [-0.15, -0.1) is 11.8 Å². The van der Waals surface area contributed by atoms with Crippen LogP contribution in [-0.2, 0) is 13.0 Å². The number of aliphatic hydroxyl groups is 1. The fourth-order valence-electron chi connectivity index (χ4n) is 3.84. The van der Waals surface area contributed by atoms with Gasteiger partial charge in [0.15, 0.2) is 0 Å². The summed E-state index contributed by atoms with van der Waals surface area (Å²) < 4.78 is 13.1. The van der Waals surface area contributed by atoms with Gasteiger partial charge in [0.25, 0.3) is 0 Å². The summed E-state index contributed by atoms with van der Waals surface area (Å²) in [5.41, 5.74) is 2.29. The van der Waals surface area contributed by atoms with E-state index in [1.54, 1.807) is 11.8 Å². The van der Waals surface area contributed by atoms with Gasteiger partial charge in [0, 0.05) is 23.4 Å². The van der Waals surface area contributed by atoms with Crippen LogP contribution in [0.1, 0.15) is 24.0 Å². The number of halogens is 1. The highest BCUT2D eigenvalue weighted by atomic mass is 32.2. The highest BCUT2D eigenvalue weighted by molar-refractivity contribution is 7.98. The number of hydrogen-bond donors (Lipinski definition) is 1. The molecule has 0 saturated carbocycles. The molecule has 0 spiro atoms. The topological polar surface area (TPSA) is 23.5 Å². The Morgan fingerprint density at radius 3 is 2.68 bits per heavy atom. The maximum atomic E-state index is 13.1. The van der Waals surface area contributed by atoms with Gasteiger partial charge in [-0.1, -0.05) is 24.3 Å². The highest BCUT2D eigenvalue weighted by Gasteiger charge is 2.35. The molecule has 0 aliphatic carbocycles. The van der Waals surface area contributed by atoms with Crippen LogP contribution in [-0.4, -0.2) is 36.0 Å². The van der Waals surface area contributed by atoms with Crippen molar-refractivity contribution in [3.63, 3.8) is 0 Å². The molecule has 25 heavy (non-hydrogen) atoms. The zero-order valence-electron chi connectivity index (χ0n) is 14.7. The van der Waals surface area contributed by atoms with Crippen LogP contribution in [0.4, 0.5) is 4.39 Å². The molecule has 4 heteroatoms. The quantitative estimate of drug-likeness (QED) is 0.775. The SMILES string of the molecule is CSc1cccc(CN2CCC[C@@](CO)(Cc3ccc(F)cc3)C2)c1. The molecule has 1 saturated heterocycles. The van der Waals surface area contributed by atoms with E-state index in [-0.39, 0.29) is 17.8 Å². The van der Waals surface area contributed by atoms with E-state index in [1.165, 1.54) is 22.6 Å². The van der Waals surface area contributed by atoms with Crippen molar-refractivity contribution in [1.29, 1.82) is 0 Å². The van der Waals surface area contributed by atoms with E-state index >= 15 is 0 Å². The second-order valence-electron chi connectivity index (χ2n) is 7.13. The van der Waals surface area contributed by atoms with Crippen molar-refractivity contribution in [3.8, 4) is 0 Å². The molecule has 2 aromatic carbocycles. The van der Waals surface area contributed by atoms with Crippen LogP contribution in [0.25, 0.3) is 0 Å². The Morgan fingerprint density at radius 2 is 1.96 bits per heavy atom. The maximum Gasteiger partial charge on any atom is 0.123 e. The van der Waals surface area contributed by atoms with Crippen LogP contribution in [0.3, 0.4) is 0 Å². The van der Waals surface area contributed by atoms with Crippen LogP contribution in [0.2, 0.25) is 0 Å². The Morgan fingerprint density at radius 1 is 1.16 bits per heavy atom. The first-order valence-electron chi connectivity index (χ1n) is 8.83. The first-order chi connectivity index (χ1) is 12.1. The average Bonchev–Trinajstić information content (AvgIpc) is 2.64. The van der Waals surface area contributed by atoms with Gasteiger partial charge in [-0.25, -0.2) is 4.39 Å². The molecule has 2 aromatic rings. The molecule has 1 aliphatic heterocycles. The number of aliphatic hydroxyl groups excluding tert-OH is 1. The van der Waals surface area contributed by atoms with Gasteiger partial charge in [0.2, 0.25) is 0 Å². The number of piperidine rings is 1. The van der Waals surface area contributed by atoms with E-state index in [0.29, 0.717) is 0 Å². The first-order valence-corrected chi connectivity index (χ1v) is 10.1. The van der Waals surface area contributed by atoms with Crippen LogP contribution in [0.5, 0.6) is 0 Å². The zero-order chi connectivity index (χ0) is 17.7. The van der Waals surface area contributed by atoms with Crippen molar-refractivity contribution in [3.05, 3.63) is 65.5 Å². The van der Waals surface area contributed by atoms with Crippen LogP contribution < -0.4 is 0 Å². The summed E-state index contributed by atoms with van der Waals surface area (Å²) in [4.78, 5) is 3.73. The minimum absolute atomic E-state index is 0.132. The lowest BCUT2D eigenvalue weighted by Gasteiger charge is -2.42. The predicted octanol–water partition coefficient (Wildman–Crippen LogP) is 4.36. The lowest BCUT2D eigenvalue weighted by molar-refractivity contribution is 0.0288. The number of benzene rings is 2. The van der Waals surface area contributed by atoms with Crippen molar-refractivity contribution in [2.24, 2.45) is 5.41 Å². The molecule has 1 heterocycles. The third-order valence-corrected chi connectivity index (χ3v) is 5.83. The van der Waals surface area contributed by atoms with Gasteiger partial charge < -0.3 is 5.11 Å². The van der Waals surface area contributed by atoms with E-state index in [9.17, 15) is 9.50 Å². The molecule has 134 valence electrons. The third-order valence-electron chi connectivity index (χ3n) is 5.11. The molecular weight excluding hydrogens is 333 g/mol. The van der Waals surface area contributed by atoms with Crippen molar-refractivity contribution >= 4 is 11.8 Å². The maximum absolute atomic E-state index is 13.1. The Kier molecular flexibility index (Phi) is 6.15. The van der Waals surface area contributed by atoms with E-state index in [0.717, 1.165) is 44.5 Å². The summed E-state index contributed by atoms with van der Waals surface area (Å²) >= 11 is 1.76. The first kappa shape index (κ1) is 18.4. The van der Waals surface area contributed by atoms with Gasteiger partial charge >= 0.3 is 0 Å². The molecule has 1 aliphatic rings. The fraction of sp³-hybridized carbons (Fsp3) is 0.429. The summed E-state index contributed by atoms with van der Waals surface area (Å²) in [5, 5.41) is 10.1. The number of hydrogen-bond acceptors (Lipinski definition) is 3. The fourth-order valence-corrected chi connectivity index (χ4v) is 4.32. The molecule has 0 amide bonds. The highest BCUT2D eigenvalue weighted by Crippen LogP contribution is 2.34. The molecule has 3 rings (SSSR count). The number of thioether (sulfide) groups is 1. The van der Waals surface area contributed by atoms with Crippen molar-refractivity contribution < 1.29 is 9.50 Å². The number of rotatable bonds is 6.